The molecule has 9 aromatic rings. The number of rotatable bonds is 20. The maximum Gasteiger partial charge on any atom is 0.335 e. The molecule has 0 unspecified atom stereocenters. The fraction of sp³-hybridized carbons (Fsp3) is 0.212. The molecule has 0 saturated carbocycles. The van der Waals surface area contributed by atoms with Gasteiger partial charge in [-0.05, 0) is 368 Å². The van der Waals surface area contributed by atoms with Crippen LogP contribution in [0.15, 0.2) is 233 Å². The summed E-state index contributed by atoms with van der Waals surface area (Å²) < 4.78 is 28.4. The van der Waals surface area contributed by atoms with Crippen molar-refractivity contribution in [2.24, 2.45) is 0 Å². The number of hydrogen-bond acceptors (Lipinski definition) is 17. The lowest BCUT2D eigenvalue weighted by Crippen LogP contribution is -2.49. The number of amides is 2. The fourth-order valence-electron chi connectivity index (χ4n) is 17.7. The number of aromatic hydroxyl groups is 2. The Bertz CT molecular complexity index is 6590. The van der Waals surface area contributed by atoms with Crippen LogP contribution in [-0.2, 0) is 43.0 Å². The van der Waals surface area contributed by atoms with E-state index in [0.717, 1.165) is 158 Å². The highest BCUT2D eigenvalue weighted by Crippen LogP contribution is 2.48. The van der Waals surface area contributed by atoms with Crippen molar-refractivity contribution >= 4 is 116 Å². The molecule has 0 spiro atoms. The molecule has 22 nitrogen and oxygen atoms in total. The van der Waals surface area contributed by atoms with Crippen LogP contribution in [0.2, 0.25) is 39.3 Å². The molecule has 9 aromatic carbocycles. The number of carboxylic acids is 3. The molecule has 3 aliphatic carbocycles. The zero-order valence-electron chi connectivity index (χ0n) is 75.1. The summed E-state index contributed by atoms with van der Waals surface area (Å²) in [6.45, 7) is 30.3. The number of aromatic carboxylic acids is 1. The topological polar surface area (TPSA) is 324 Å². The molecule has 0 bridgehead atoms. The van der Waals surface area contributed by atoms with E-state index in [2.05, 4.69) is 84.3 Å². The Morgan fingerprint density at radius 1 is 0.318 bits per heavy atom. The number of phenols is 2. The van der Waals surface area contributed by atoms with Gasteiger partial charge in [-0.15, -0.1) is 0 Å². The molecule has 0 radical (unpaired) electrons. The lowest BCUT2D eigenvalue weighted by Gasteiger charge is -2.38. The average molecular weight is 1780 g/mol. The van der Waals surface area contributed by atoms with E-state index in [9.17, 15) is 73.5 Å². The third-order valence-electron chi connectivity index (χ3n) is 24.7. The number of benzene rings is 9. The Morgan fingerprint density at radius 3 is 0.868 bits per heavy atom. The molecule has 3 aliphatic heterocycles. The molecule has 0 aromatic heterocycles. The van der Waals surface area contributed by atoms with Crippen molar-refractivity contribution in [3.8, 4) is 46.0 Å². The predicted molar refractivity (Wildman–Crippen MR) is 503 cm³/mol. The molecule has 0 atom stereocenters. The minimum absolute atomic E-state index is 0.0254. The molecular formula is C104H100N2O20Si3. The van der Waals surface area contributed by atoms with Gasteiger partial charge in [0.05, 0.1) is 19.8 Å². The molecule has 0 fully saturated rings. The second kappa shape index (κ2) is 36.5. The SMILES string of the molecule is COC(=O)CN(CC(=O)OC)C(=O)c1ccc(C2=C3C=CC(=O)C=C3[Si](C)(C)c3cc(Oc4cc(C)c(C)c(C)c4)ccc32)c(C)c1.Cc1cc(C(=O)N(CC(=O)O)CC(=O)O)ccc1C1=C2C=CC(=O)C=C2[Si](C)(C)c2cc(Oc3cc(C)c(O)c(C)c3)ccc21.Cc1cc(C(=O)O)ccc1C1=C2C=CC(=O)C=C2[Si](C)(C)c2cc(Oc3cc(C)c(O)c(C)c3)ccc21. The standard InChI is InChI=1S/C38H39NO7Si.C35H33NO8Si.C31H28O5Si/c1-22-16-29(17-23(2)25(22)4)46-28-11-14-32-34(19-28)47(7,8)33-18-27(40)10-13-31(33)37(32)30-12-9-26(15-24(30)3)38(43)39(20-35(41)44-5)21-36(42)45-6;1-19-12-22(35(43)36(17-31(38)39)18-32(40)41)6-9-26(19)33-27-10-7-23(37)15-29(27)45(4,5)30-16-24(8-11-28(30)33)44-25-13-20(2)34(42)21(3)14-25;1-17-12-20(31(34)35)6-9-24(17)29-25-10-7-21(32)15-27(25)37(4,5)28-16-22(8-11-26(28)29)36-23-13-18(2)30(33)19(3)14-23/h9-19H,20-21H2,1-8H3;6-16,42H,17-18H2,1-5H3,(H,38,39)(H,40,41);6-16,33H,1-5H3,(H,34,35). The van der Waals surface area contributed by atoms with Gasteiger partial charge < -0.3 is 59.0 Å². The van der Waals surface area contributed by atoms with E-state index < -0.39 is 92.1 Å². The first kappa shape index (κ1) is 92.3. The Labute approximate surface area is 751 Å². The molecule has 658 valence electrons. The van der Waals surface area contributed by atoms with E-state index in [0.29, 0.717) is 39.7 Å². The molecule has 5 N–H and O–H groups in total. The van der Waals surface area contributed by atoms with Gasteiger partial charge in [-0.1, -0.05) is 93.9 Å². The summed E-state index contributed by atoms with van der Waals surface area (Å²) in [5.41, 5.74) is 21.1. The molecule has 6 aliphatic rings. The lowest BCUT2D eigenvalue weighted by atomic mass is 9.87. The number of ether oxygens (including phenoxy) is 5. The summed E-state index contributed by atoms with van der Waals surface area (Å²) in [6.07, 6.45) is 15.6. The Hall–Kier alpha value is -14.4. The molecule has 15 rings (SSSR count). The van der Waals surface area contributed by atoms with Crippen molar-refractivity contribution in [2.75, 3.05) is 40.4 Å². The van der Waals surface area contributed by atoms with Gasteiger partial charge in [0.15, 0.2) is 17.3 Å². The number of esters is 2. The summed E-state index contributed by atoms with van der Waals surface area (Å²) in [5, 5.41) is 54.6. The third kappa shape index (κ3) is 18.8. The van der Waals surface area contributed by atoms with Crippen molar-refractivity contribution in [3.63, 3.8) is 0 Å². The van der Waals surface area contributed by atoms with Crippen LogP contribution in [0.4, 0.5) is 0 Å². The number of carboxylic acid groups (broad SMARTS) is 3. The number of nitrogens with zero attached hydrogens (tertiary/aromatic N) is 2. The van der Waals surface area contributed by atoms with Crippen LogP contribution in [0.1, 0.15) is 120 Å². The molecule has 2 amide bonds. The highest BCUT2D eigenvalue weighted by molar-refractivity contribution is 6.99. The van der Waals surface area contributed by atoms with Crippen LogP contribution in [0.25, 0.3) is 16.7 Å². The maximum atomic E-state index is 13.5. The molecule has 129 heavy (non-hydrogen) atoms. The minimum Gasteiger partial charge on any atom is -0.507 e. The van der Waals surface area contributed by atoms with Gasteiger partial charge in [-0.25, -0.2) is 4.79 Å². The fourth-order valence-corrected chi connectivity index (χ4v) is 26.8. The van der Waals surface area contributed by atoms with E-state index in [1.165, 1.54) is 19.8 Å². The normalized spacial score (nSPS) is 15.0. The number of aryl methyl sites for hydroxylation is 9. The number of fused-ring (bicyclic) bond motifs is 6. The van der Waals surface area contributed by atoms with Gasteiger partial charge >= 0.3 is 29.8 Å². The number of carbonyl (C=O) groups is 10. The summed E-state index contributed by atoms with van der Waals surface area (Å²) in [5.74, 6) is -1.71. The first-order valence-electron chi connectivity index (χ1n) is 41.8. The van der Waals surface area contributed by atoms with Crippen molar-refractivity contribution in [2.45, 2.75) is 109 Å². The number of methoxy groups -OCH3 is 2. The summed E-state index contributed by atoms with van der Waals surface area (Å²) in [6, 6.07) is 44.9. The predicted octanol–water partition coefficient (Wildman–Crippen LogP) is 17.0. The number of phenolic OH excluding ortho intramolecular Hbond substituents is 2. The van der Waals surface area contributed by atoms with Gasteiger partial charge in [-0.3, -0.25) is 43.2 Å². The Balaban J connectivity index is 0.000000166. The van der Waals surface area contributed by atoms with Crippen LogP contribution < -0.4 is 29.8 Å². The van der Waals surface area contributed by atoms with Crippen LogP contribution in [0, 0.1) is 69.2 Å². The zero-order chi connectivity index (χ0) is 93.6. The summed E-state index contributed by atoms with van der Waals surface area (Å²) in [7, 11) is -4.65. The Kier molecular flexibility index (Phi) is 26.1. The van der Waals surface area contributed by atoms with Crippen molar-refractivity contribution in [1.82, 2.24) is 9.80 Å². The van der Waals surface area contributed by atoms with Crippen molar-refractivity contribution < 1.29 is 97.2 Å². The lowest BCUT2D eigenvalue weighted by molar-refractivity contribution is -0.145. The quantitative estimate of drug-likeness (QED) is 0.0350. The largest absolute Gasteiger partial charge is 0.507 e. The van der Waals surface area contributed by atoms with Crippen LogP contribution in [0.5, 0.6) is 46.0 Å². The van der Waals surface area contributed by atoms with Crippen molar-refractivity contribution in [3.05, 3.63) is 338 Å². The van der Waals surface area contributed by atoms with Gasteiger partial charge in [0.25, 0.3) is 11.8 Å². The highest BCUT2D eigenvalue weighted by Gasteiger charge is 2.44. The highest BCUT2D eigenvalue weighted by atomic mass is 28.3. The van der Waals surface area contributed by atoms with Gasteiger partial charge in [0.1, 0.15) is 96.4 Å². The second-order valence-corrected chi connectivity index (χ2v) is 47.7. The number of hydrogen-bond donors (Lipinski definition) is 5. The first-order valence-corrected chi connectivity index (χ1v) is 50.8. The molecule has 25 heteroatoms. The molecule has 0 saturated heterocycles. The smallest absolute Gasteiger partial charge is 0.335 e. The number of ketones is 3. The van der Waals surface area contributed by atoms with Gasteiger partial charge in [0, 0.05) is 11.1 Å². The van der Waals surface area contributed by atoms with E-state index in [1.807, 2.05) is 133 Å². The molecular weight excluding hydrogens is 1680 g/mol. The van der Waals surface area contributed by atoms with E-state index in [1.54, 1.807) is 91.1 Å². The maximum absolute atomic E-state index is 13.5. The van der Waals surface area contributed by atoms with Crippen LogP contribution in [0.3, 0.4) is 0 Å². The zero-order valence-corrected chi connectivity index (χ0v) is 78.1. The van der Waals surface area contributed by atoms with Gasteiger partial charge in [0.2, 0.25) is 0 Å². The summed E-state index contributed by atoms with van der Waals surface area (Å²) in [4.78, 5) is 125. The van der Waals surface area contributed by atoms with E-state index >= 15 is 0 Å². The monoisotopic (exact) mass is 1780 g/mol. The summed E-state index contributed by atoms with van der Waals surface area (Å²) >= 11 is 0. The Morgan fingerprint density at radius 2 is 0.589 bits per heavy atom. The van der Waals surface area contributed by atoms with E-state index in [4.69, 9.17) is 23.7 Å². The molecule has 3 heterocycles. The minimum atomic E-state index is -2.42. The number of aliphatic carboxylic acids is 2. The average Bonchev–Trinajstić information content (AvgIpc) is 0.727. The van der Waals surface area contributed by atoms with Crippen LogP contribution in [-0.4, -0.2) is 159 Å². The van der Waals surface area contributed by atoms with Crippen molar-refractivity contribution in [1.29, 1.82) is 0 Å². The number of carbonyl (C=O) groups excluding carboxylic acids is 7. The van der Waals surface area contributed by atoms with Gasteiger partial charge in [-0.2, -0.15) is 0 Å². The van der Waals surface area contributed by atoms with Crippen LogP contribution >= 0.6 is 0 Å². The number of allylic oxidation sites excluding steroid dienone is 15. The second-order valence-electron chi connectivity index (χ2n) is 34.7. The first-order chi connectivity index (χ1) is 60.9. The van der Waals surface area contributed by atoms with E-state index in [-0.39, 0.29) is 40.0 Å². The third-order valence-corrected chi connectivity index (χ3v) is 35.3.